The van der Waals surface area contributed by atoms with Crippen LogP contribution in [0.5, 0.6) is 0 Å². The van der Waals surface area contributed by atoms with Crippen LogP contribution in [0.3, 0.4) is 0 Å². The molecule has 0 radical (unpaired) electrons. The van der Waals surface area contributed by atoms with Gasteiger partial charge in [0.1, 0.15) is 0 Å². The number of rotatable bonds is 8. The molecule has 0 aromatic rings. The number of carbonyl (C=O) groups excluding carboxylic acids is 1. The van der Waals surface area contributed by atoms with E-state index >= 15 is 0 Å². The highest BCUT2D eigenvalue weighted by Gasteiger charge is 2.55. The van der Waals surface area contributed by atoms with E-state index in [1.165, 1.54) is 0 Å². The van der Waals surface area contributed by atoms with Crippen molar-refractivity contribution in [1.29, 1.82) is 0 Å². The largest absolute Gasteiger partial charge is 0.481 e. The zero-order chi connectivity index (χ0) is 23.9. The molecule has 188 valence electrons. The molecule has 7 nitrogen and oxygen atoms in total. The number of likely N-dealkylation sites (tertiary alicyclic amines) is 1. The number of piperidine rings is 1. The maximum atomic E-state index is 13.5. The van der Waals surface area contributed by atoms with Crippen molar-refractivity contribution in [3.05, 3.63) is 22.8 Å². The molecule has 4 saturated carbocycles. The second-order valence-electron chi connectivity index (χ2n) is 11.3. The number of dihydropyridines is 1. The van der Waals surface area contributed by atoms with E-state index in [1.54, 1.807) is 11.8 Å². The van der Waals surface area contributed by atoms with Crippen molar-refractivity contribution in [3.8, 4) is 0 Å². The molecule has 6 rings (SSSR count). The molecule has 6 aliphatic rings. The van der Waals surface area contributed by atoms with Gasteiger partial charge in [-0.2, -0.15) is 0 Å². The number of carboxylic acids is 1. The molecular formula is C26H39N3O4S. The standard InChI is InChI=1S/C26H39N3O4S/c1-2-8-34-25-20(5-6-21(27-25)29-7-3-4-16(15-29)11-22(30)31)24(32)28-23-18-9-17-10-19(23)14-26(33,12-17)13-18/h5-6,16-19,21,23,27,33H,2-4,7-15H2,1H3,(H,28,32)(H,30,31)/t16-,17?,18?,19?,21?,23?,26?/m1/s1. The van der Waals surface area contributed by atoms with Crippen molar-refractivity contribution in [2.45, 2.75) is 82.5 Å². The minimum atomic E-state index is -0.728. The van der Waals surface area contributed by atoms with Crippen LogP contribution in [0, 0.1) is 23.7 Å². The van der Waals surface area contributed by atoms with E-state index in [4.69, 9.17) is 0 Å². The fourth-order valence-electron chi connectivity index (χ4n) is 7.45. The first kappa shape index (κ1) is 24.2. The molecule has 4 bridgehead atoms. The van der Waals surface area contributed by atoms with Crippen molar-refractivity contribution < 1.29 is 19.8 Å². The average molecular weight is 490 g/mol. The van der Waals surface area contributed by atoms with E-state index in [0.717, 1.165) is 75.2 Å². The summed E-state index contributed by atoms with van der Waals surface area (Å²) in [7, 11) is 0. The van der Waals surface area contributed by atoms with Crippen LogP contribution in [-0.4, -0.2) is 63.6 Å². The summed E-state index contributed by atoms with van der Waals surface area (Å²) < 4.78 is 0. The van der Waals surface area contributed by atoms with Gasteiger partial charge in [-0.05, 0) is 92.9 Å². The van der Waals surface area contributed by atoms with Gasteiger partial charge in [-0.1, -0.05) is 6.92 Å². The Bertz CT molecular complexity index is 858. The quantitative estimate of drug-likeness (QED) is 0.416. The van der Waals surface area contributed by atoms with Crippen molar-refractivity contribution in [1.82, 2.24) is 15.5 Å². The van der Waals surface area contributed by atoms with Gasteiger partial charge in [-0.3, -0.25) is 14.5 Å². The molecule has 4 atom stereocenters. The summed E-state index contributed by atoms with van der Waals surface area (Å²) in [4.78, 5) is 27.0. The molecule has 4 N–H and O–H groups in total. The molecule has 3 unspecified atom stereocenters. The van der Waals surface area contributed by atoms with E-state index in [1.807, 2.05) is 6.08 Å². The molecule has 5 fully saturated rings. The lowest BCUT2D eigenvalue weighted by Gasteiger charge is -2.58. The van der Waals surface area contributed by atoms with Crippen molar-refractivity contribution in [2.24, 2.45) is 23.7 Å². The van der Waals surface area contributed by atoms with E-state index in [-0.39, 0.29) is 30.5 Å². The number of hydrogen-bond donors (Lipinski definition) is 4. The first-order valence-electron chi connectivity index (χ1n) is 13.1. The molecule has 34 heavy (non-hydrogen) atoms. The minimum Gasteiger partial charge on any atom is -0.481 e. The fourth-order valence-corrected chi connectivity index (χ4v) is 8.38. The first-order valence-corrected chi connectivity index (χ1v) is 14.1. The molecular weight excluding hydrogens is 450 g/mol. The van der Waals surface area contributed by atoms with Gasteiger partial charge in [0.05, 0.1) is 22.4 Å². The Morgan fingerprint density at radius 1 is 1.26 bits per heavy atom. The van der Waals surface area contributed by atoms with Gasteiger partial charge in [-0.25, -0.2) is 0 Å². The molecule has 1 saturated heterocycles. The van der Waals surface area contributed by atoms with Crippen molar-refractivity contribution >= 4 is 23.6 Å². The Kier molecular flexibility index (Phi) is 7.02. The summed E-state index contributed by atoms with van der Waals surface area (Å²) in [6.45, 7) is 3.84. The second-order valence-corrected chi connectivity index (χ2v) is 12.4. The number of carbonyl (C=O) groups is 2. The maximum absolute atomic E-state index is 13.5. The molecule has 2 heterocycles. The summed E-state index contributed by atoms with van der Waals surface area (Å²) in [6, 6.07) is 0.166. The van der Waals surface area contributed by atoms with Crippen LogP contribution in [0.4, 0.5) is 0 Å². The number of carboxylic acid groups (broad SMARTS) is 1. The molecule has 0 aromatic carbocycles. The molecule has 0 spiro atoms. The summed E-state index contributed by atoms with van der Waals surface area (Å²) in [5.41, 5.74) is 0.215. The molecule has 4 aliphatic carbocycles. The van der Waals surface area contributed by atoms with Crippen LogP contribution in [0.15, 0.2) is 22.8 Å². The van der Waals surface area contributed by atoms with Crippen LogP contribution in [0.1, 0.15) is 64.7 Å². The third kappa shape index (κ3) is 5.05. The lowest BCUT2D eigenvalue weighted by Crippen LogP contribution is -2.61. The van der Waals surface area contributed by atoms with Gasteiger partial charge < -0.3 is 20.8 Å². The van der Waals surface area contributed by atoms with E-state index in [2.05, 4.69) is 28.5 Å². The topological polar surface area (TPSA) is 102 Å². The summed E-state index contributed by atoms with van der Waals surface area (Å²) in [5.74, 6) is 1.78. The predicted molar refractivity (Wildman–Crippen MR) is 133 cm³/mol. The number of amides is 1. The van der Waals surface area contributed by atoms with Crippen LogP contribution in [0.25, 0.3) is 0 Å². The predicted octanol–water partition coefficient (Wildman–Crippen LogP) is 3.07. The van der Waals surface area contributed by atoms with Gasteiger partial charge in [-0.15, -0.1) is 11.8 Å². The van der Waals surface area contributed by atoms with E-state index in [0.29, 0.717) is 23.3 Å². The smallest absolute Gasteiger partial charge is 0.303 e. The lowest BCUT2D eigenvalue weighted by atomic mass is 9.52. The third-order valence-electron chi connectivity index (χ3n) is 8.61. The zero-order valence-corrected chi connectivity index (χ0v) is 21.0. The van der Waals surface area contributed by atoms with Crippen molar-refractivity contribution in [3.63, 3.8) is 0 Å². The summed E-state index contributed by atoms with van der Waals surface area (Å²) in [5, 5.41) is 28.0. The van der Waals surface area contributed by atoms with Gasteiger partial charge in [0.25, 0.3) is 5.91 Å². The number of aliphatic carboxylic acids is 1. The normalized spacial score (nSPS) is 39.2. The van der Waals surface area contributed by atoms with Crippen molar-refractivity contribution in [2.75, 3.05) is 18.8 Å². The maximum Gasteiger partial charge on any atom is 0.303 e. The molecule has 8 heteroatoms. The number of thioether (sulfide) groups is 1. The zero-order valence-electron chi connectivity index (χ0n) is 20.2. The highest BCUT2D eigenvalue weighted by atomic mass is 32.2. The highest BCUT2D eigenvalue weighted by molar-refractivity contribution is 8.03. The fraction of sp³-hybridized carbons (Fsp3) is 0.769. The molecule has 0 aromatic heterocycles. The summed E-state index contributed by atoms with van der Waals surface area (Å²) in [6.07, 6.45) is 12.1. The van der Waals surface area contributed by atoms with Crippen LogP contribution in [0.2, 0.25) is 0 Å². The third-order valence-corrected chi connectivity index (χ3v) is 9.85. The Morgan fingerprint density at radius 3 is 2.71 bits per heavy atom. The Morgan fingerprint density at radius 2 is 2.03 bits per heavy atom. The Labute approximate surface area is 206 Å². The monoisotopic (exact) mass is 489 g/mol. The Hall–Kier alpha value is -1.51. The van der Waals surface area contributed by atoms with E-state index in [9.17, 15) is 19.8 Å². The van der Waals surface area contributed by atoms with E-state index < -0.39 is 11.6 Å². The first-order chi connectivity index (χ1) is 16.3. The average Bonchev–Trinajstić information content (AvgIpc) is 2.78. The lowest BCUT2D eigenvalue weighted by molar-refractivity contribution is -0.145. The number of hydrogen-bond acceptors (Lipinski definition) is 6. The van der Waals surface area contributed by atoms with Gasteiger partial charge >= 0.3 is 5.97 Å². The van der Waals surface area contributed by atoms with Crippen LogP contribution in [-0.2, 0) is 9.59 Å². The number of nitrogens with one attached hydrogen (secondary N) is 2. The number of nitrogens with zero attached hydrogens (tertiary/aromatic N) is 1. The second kappa shape index (κ2) is 9.86. The van der Waals surface area contributed by atoms with Crippen LogP contribution < -0.4 is 10.6 Å². The molecule has 1 amide bonds. The van der Waals surface area contributed by atoms with Gasteiger partial charge in [0, 0.05) is 25.6 Å². The summed E-state index contributed by atoms with van der Waals surface area (Å²) >= 11 is 1.70. The van der Waals surface area contributed by atoms with Crippen LogP contribution >= 0.6 is 11.8 Å². The molecule has 2 aliphatic heterocycles. The SMILES string of the molecule is CCCSC1=C(C(=O)NC2C3CC4CC2CC(O)(C4)C3)C=CC(N2CCC[C@H](CC(=O)O)C2)N1. The Balaban J connectivity index is 1.27. The highest BCUT2D eigenvalue weighted by Crippen LogP contribution is 2.55. The van der Waals surface area contributed by atoms with Gasteiger partial charge in [0.15, 0.2) is 0 Å². The number of aliphatic hydroxyl groups is 1. The minimum absolute atomic E-state index is 0.00679. The van der Waals surface area contributed by atoms with Gasteiger partial charge in [0.2, 0.25) is 0 Å².